The number of ether oxygens (including phenoxy) is 1. The lowest BCUT2D eigenvalue weighted by Crippen LogP contribution is -2.27. The number of Topliss-reactive ketones (excluding diaryl/α,β-unsaturated/α-hetero) is 1. The molecule has 2 nitrogen and oxygen atoms in total. The highest BCUT2D eigenvalue weighted by atomic mass is 16.5. The molecule has 0 bridgehead atoms. The Kier molecular flexibility index (Phi) is 1.72. The monoisotopic (exact) mass is 200 g/mol. The number of hydrogen-bond donors (Lipinski definition) is 0. The van der Waals surface area contributed by atoms with Gasteiger partial charge in [-0.25, -0.2) is 0 Å². The third kappa shape index (κ3) is 1.14. The molecule has 3 rings (SSSR count). The summed E-state index contributed by atoms with van der Waals surface area (Å²) in [5, 5.41) is 0. The fourth-order valence-electron chi connectivity index (χ4n) is 2.41. The SMILES string of the molecule is CC1=C2C(=O)c3ccccc3OC2CC1. The minimum absolute atomic E-state index is 0.00685. The normalized spacial score (nSPS) is 23.5. The fourth-order valence-corrected chi connectivity index (χ4v) is 2.41. The van der Waals surface area contributed by atoms with Crippen molar-refractivity contribution in [1.82, 2.24) is 0 Å². The minimum Gasteiger partial charge on any atom is -0.485 e. The molecule has 0 amide bonds. The van der Waals surface area contributed by atoms with E-state index in [2.05, 4.69) is 0 Å². The van der Waals surface area contributed by atoms with Gasteiger partial charge in [0, 0.05) is 5.57 Å². The van der Waals surface area contributed by atoms with Crippen LogP contribution in [0.2, 0.25) is 0 Å². The first-order valence-electron chi connectivity index (χ1n) is 5.27. The summed E-state index contributed by atoms with van der Waals surface area (Å²) in [4.78, 5) is 12.2. The van der Waals surface area contributed by atoms with Crippen LogP contribution >= 0.6 is 0 Å². The number of carbonyl (C=O) groups is 1. The van der Waals surface area contributed by atoms with E-state index in [1.54, 1.807) is 0 Å². The van der Waals surface area contributed by atoms with Gasteiger partial charge < -0.3 is 4.74 Å². The first-order chi connectivity index (χ1) is 7.27. The molecule has 1 aromatic carbocycles. The number of ketones is 1. The minimum atomic E-state index is 0.00685. The third-order valence-electron chi connectivity index (χ3n) is 3.21. The highest BCUT2D eigenvalue weighted by Crippen LogP contribution is 2.38. The van der Waals surface area contributed by atoms with Gasteiger partial charge in [-0.1, -0.05) is 17.7 Å². The Morgan fingerprint density at radius 1 is 1.33 bits per heavy atom. The standard InChI is InChI=1S/C13H12O2/c1-8-6-7-11-12(8)13(14)9-4-2-3-5-10(9)15-11/h2-5,11H,6-7H2,1H3. The van der Waals surface area contributed by atoms with Crippen LogP contribution in [0.1, 0.15) is 30.1 Å². The predicted octanol–water partition coefficient (Wildman–Crippen LogP) is 2.74. The maximum atomic E-state index is 12.2. The van der Waals surface area contributed by atoms with Gasteiger partial charge in [0.15, 0.2) is 5.78 Å². The van der Waals surface area contributed by atoms with Gasteiger partial charge in [0.05, 0.1) is 5.56 Å². The Morgan fingerprint density at radius 3 is 3.00 bits per heavy atom. The highest BCUT2D eigenvalue weighted by Gasteiger charge is 2.36. The van der Waals surface area contributed by atoms with Crippen LogP contribution in [0.5, 0.6) is 5.75 Å². The highest BCUT2D eigenvalue weighted by molar-refractivity contribution is 6.12. The molecule has 1 unspecified atom stereocenters. The van der Waals surface area contributed by atoms with E-state index >= 15 is 0 Å². The fraction of sp³-hybridized carbons (Fsp3) is 0.308. The number of hydrogen-bond acceptors (Lipinski definition) is 2. The zero-order valence-electron chi connectivity index (χ0n) is 8.62. The van der Waals surface area contributed by atoms with Crippen molar-refractivity contribution in [3.63, 3.8) is 0 Å². The summed E-state index contributed by atoms with van der Waals surface area (Å²) >= 11 is 0. The number of fused-ring (bicyclic) bond motifs is 2. The summed E-state index contributed by atoms with van der Waals surface area (Å²) in [6, 6.07) is 7.50. The van der Waals surface area contributed by atoms with Crippen LogP contribution in [0.25, 0.3) is 0 Å². The van der Waals surface area contributed by atoms with Crippen LogP contribution in [-0.2, 0) is 0 Å². The molecule has 0 fully saturated rings. The average molecular weight is 200 g/mol. The molecule has 2 aliphatic rings. The molecule has 0 radical (unpaired) electrons. The van der Waals surface area contributed by atoms with E-state index in [1.807, 2.05) is 31.2 Å². The smallest absolute Gasteiger partial charge is 0.196 e. The van der Waals surface area contributed by atoms with Crippen molar-refractivity contribution in [1.29, 1.82) is 0 Å². The first-order valence-corrected chi connectivity index (χ1v) is 5.27. The molecule has 0 spiro atoms. The topological polar surface area (TPSA) is 26.3 Å². The second-order valence-corrected chi connectivity index (χ2v) is 4.16. The van der Waals surface area contributed by atoms with E-state index in [0.29, 0.717) is 5.56 Å². The van der Waals surface area contributed by atoms with Gasteiger partial charge in [0.2, 0.25) is 0 Å². The maximum absolute atomic E-state index is 12.2. The van der Waals surface area contributed by atoms with Crippen LogP contribution in [0.4, 0.5) is 0 Å². The second kappa shape index (κ2) is 2.96. The van der Waals surface area contributed by atoms with Gasteiger partial charge in [-0.2, -0.15) is 0 Å². The van der Waals surface area contributed by atoms with Crippen molar-refractivity contribution in [2.45, 2.75) is 25.9 Å². The third-order valence-corrected chi connectivity index (χ3v) is 3.21. The van der Waals surface area contributed by atoms with Crippen LogP contribution < -0.4 is 4.74 Å². The molecule has 0 N–H and O–H groups in total. The van der Waals surface area contributed by atoms with Crippen molar-refractivity contribution >= 4 is 5.78 Å². The Hall–Kier alpha value is -1.57. The van der Waals surface area contributed by atoms with Gasteiger partial charge in [-0.3, -0.25) is 4.79 Å². The predicted molar refractivity (Wildman–Crippen MR) is 57.1 cm³/mol. The molecule has 1 aliphatic heterocycles. The molecule has 1 aliphatic carbocycles. The number of rotatable bonds is 0. The summed E-state index contributed by atoms with van der Waals surface area (Å²) in [5.74, 6) is 0.905. The summed E-state index contributed by atoms with van der Waals surface area (Å²) < 4.78 is 5.82. The van der Waals surface area contributed by atoms with Crippen molar-refractivity contribution in [3.05, 3.63) is 41.0 Å². The summed E-state index contributed by atoms with van der Waals surface area (Å²) in [5.41, 5.74) is 2.80. The van der Waals surface area contributed by atoms with Crippen LogP contribution in [0, 0.1) is 0 Å². The number of benzene rings is 1. The zero-order chi connectivity index (χ0) is 10.4. The van der Waals surface area contributed by atoms with Crippen LogP contribution in [-0.4, -0.2) is 11.9 Å². The van der Waals surface area contributed by atoms with Crippen molar-refractivity contribution < 1.29 is 9.53 Å². The van der Waals surface area contributed by atoms with Crippen LogP contribution in [0.3, 0.4) is 0 Å². The van der Waals surface area contributed by atoms with Gasteiger partial charge in [-0.15, -0.1) is 0 Å². The summed E-state index contributed by atoms with van der Waals surface area (Å²) in [6.07, 6.45) is 1.94. The molecular weight excluding hydrogens is 188 g/mol. The van der Waals surface area contributed by atoms with Gasteiger partial charge in [-0.05, 0) is 31.9 Å². The lowest BCUT2D eigenvalue weighted by atomic mass is 9.96. The van der Waals surface area contributed by atoms with Crippen molar-refractivity contribution in [2.75, 3.05) is 0 Å². The molecule has 0 aromatic heterocycles. The second-order valence-electron chi connectivity index (χ2n) is 4.16. The lowest BCUT2D eigenvalue weighted by Gasteiger charge is -2.24. The molecule has 1 aromatic rings. The van der Waals surface area contributed by atoms with E-state index in [1.165, 1.54) is 5.57 Å². The van der Waals surface area contributed by atoms with Crippen molar-refractivity contribution in [3.8, 4) is 5.75 Å². The molecule has 1 atom stereocenters. The number of allylic oxidation sites excluding steroid dienone is 1. The number of carbonyl (C=O) groups excluding carboxylic acids is 1. The summed E-state index contributed by atoms with van der Waals surface area (Å²) in [7, 11) is 0. The quantitative estimate of drug-likeness (QED) is 0.643. The Balaban J connectivity index is 2.18. The van der Waals surface area contributed by atoms with Gasteiger partial charge in [0.1, 0.15) is 11.9 Å². The Morgan fingerprint density at radius 2 is 2.13 bits per heavy atom. The maximum Gasteiger partial charge on any atom is 0.196 e. The molecule has 0 saturated heterocycles. The molecule has 76 valence electrons. The summed E-state index contributed by atoms with van der Waals surface area (Å²) in [6.45, 7) is 2.03. The van der Waals surface area contributed by atoms with E-state index in [0.717, 1.165) is 24.2 Å². The first kappa shape index (κ1) is 8.72. The molecule has 2 heteroatoms. The average Bonchev–Trinajstić information content (AvgIpc) is 2.61. The zero-order valence-corrected chi connectivity index (χ0v) is 8.62. The van der Waals surface area contributed by atoms with Crippen LogP contribution in [0.15, 0.2) is 35.4 Å². The largest absolute Gasteiger partial charge is 0.485 e. The molecule has 0 saturated carbocycles. The molecule has 1 heterocycles. The lowest BCUT2D eigenvalue weighted by molar-refractivity contribution is 0.0966. The van der Waals surface area contributed by atoms with E-state index in [4.69, 9.17) is 4.74 Å². The van der Waals surface area contributed by atoms with E-state index in [9.17, 15) is 4.79 Å². The van der Waals surface area contributed by atoms with E-state index < -0.39 is 0 Å². The molecular formula is C13H12O2. The molecule has 15 heavy (non-hydrogen) atoms. The Labute approximate surface area is 88.6 Å². The number of para-hydroxylation sites is 1. The Bertz CT molecular complexity index is 471. The van der Waals surface area contributed by atoms with Gasteiger partial charge >= 0.3 is 0 Å². The van der Waals surface area contributed by atoms with Gasteiger partial charge in [0.25, 0.3) is 0 Å². The van der Waals surface area contributed by atoms with E-state index in [-0.39, 0.29) is 11.9 Å². The van der Waals surface area contributed by atoms with Crippen molar-refractivity contribution in [2.24, 2.45) is 0 Å².